The van der Waals surface area contributed by atoms with Crippen molar-refractivity contribution in [3.63, 3.8) is 0 Å². The molecule has 0 bridgehead atoms. The minimum absolute atomic E-state index is 0.296. The lowest BCUT2D eigenvalue weighted by molar-refractivity contribution is 0.216. The van der Waals surface area contributed by atoms with Crippen molar-refractivity contribution in [2.24, 2.45) is 0 Å². The van der Waals surface area contributed by atoms with E-state index in [4.69, 9.17) is 14.2 Å². The standard InChI is InChI=1S/C27H24O3/c1-28-22-12-8-20(9-13-22)27(21-10-14-23(29-2)15-11-21)17-25-24-6-4-3-5-19(24)7-16-26(25)30-18-27/h3-16H,17-18H2,1-2H3. The van der Waals surface area contributed by atoms with Crippen LogP contribution < -0.4 is 14.2 Å². The van der Waals surface area contributed by atoms with Gasteiger partial charge in [-0.25, -0.2) is 0 Å². The van der Waals surface area contributed by atoms with E-state index in [1.165, 1.54) is 27.5 Å². The van der Waals surface area contributed by atoms with E-state index in [0.717, 1.165) is 23.7 Å². The van der Waals surface area contributed by atoms with Crippen LogP contribution in [0.15, 0.2) is 84.9 Å². The molecule has 0 saturated carbocycles. The topological polar surface area (TPSA) is 27.7 Å². The van der Waals surface area contributed by atoms with E-state index in [2.05, 4.69) is 60.7 Å². The lowest BCUT2D eigenvalue weighted by atomic mass is 9.69. The number of hydrogen-bond donors (Lipinski definition) is 0. The Morgan fingerprint density at radius 3 is 1.90 bits per heavy atom. The van der Waals surface area contributed by atoms with Gasteiger partial charge >= 0.3 is 0 Å². The Labute approximate surface area is 176 Å². The van der Waals surface area contributed by atoms with Crippen molar-refractivity contribution in [2.45, 2.75) is 11.8 Å². The van der Waals surface area contributed by atoms with Crippen LogP contribution in [-0.4, -0.2) is 20.8 Å². The third-order valence-electron chi connectivity index (χ3n) is 6.24. The average molecular weight is 396 g/mol. The molecule has 5 rings (SSSR count). The SMILES string of the molecule is COc1ccc(C2(c3ccc(OC)cc3)COc3ccc4ccccc4c3C2)cc1. The fraction of sp³-hybridized carbons (Fsp3) is 0.185. The molecule has 1 heterocycles. The van der Waals surface area contributed by atoms with Gasteiger partial charge in [0.15, 0.2) is 0 Å². The third-order valence-corrected chi connectivity index (χ3v) is 6.24. The maximum absolute atomic E-state index is 6.41. The molecule has 1 aliphatic heterocycles. The van der Waals surface area contributed by atoms with E-state index < -0.39 is 0 Å². The minimum Gasteiger partial charge on any atom is -0.497 e. The summed E-state index contributed by atoms with van der Waals surface area (Å²) in [6.07, 6.45) is 0.863. The second kappa shape index (κ2) is 7.42. The van der Waals surface area contributed by atoms with Crippen molar-refractivity contribution in [2.75, 3.05) is 20.8 Å². The second-order valence-electron chi connectivity index (χ2n) is 7.77. The van der Waals surface area contributed by atoms with E-state index in [-0.39, 0.29) is 5.41 Å². The molecule has 30 heavy (non-hydrogen) atoms. The van der Waals surface area contributed by atoms with Gasteiger partial charge in [-0.05, 0) is 58.7 Å². The summed E-state index contributed by atoms with van der Waals surface area (Å²) >= 11 is 0. The zero-order valence-corrected chi connectivity index (χ0v) is 17.2. The molecule has 0 N–H and O–H groups in total. The number of benzene rings is 4. The van der Waals surface area contributed by atoms with Crippen LogP contribution in [0.4, 0.5) is 0 Å². The lowest BCUT2D eigenvalue weighted by Crippen LogP contribution is -2.40. The van der Waals surface area contributed by atoms with Gasteiger partial charge in [-0.3, -0.25) is 0 Å². The first-order chi connectivity index (χ1) is 14.7. The largest absolute Gasteiger partial charge is 0.497 e. The molecular weight excluding hydrogens is 372 g/mol. The normalized spacial score (nSPS) is 14.6. The molecule has 0 aliphatic carbocycles. The summed E-state index contributed by atoms with van der Waals surface area (Å²) in [6.45, 7) is 0.580. The van der Waals surface area contributed by atoms with Gasteiger partial charge < -0.3 is 14.2 Å². The van der Waals surface area contributed by atoms with Crippen LogP contribution in [0.5, 0.6) is 17.2 Å². The molecule has 0 aromatic heterocycles. The van der Waals surface area contributed by atoms with E-state index in [1.807, 2.05) is 24.3 Å². The number of rotatable bonds is 4. The summed E-state index contributed by atoms with van der Waals surface area (Å²) in [5.41, 5.74) is 3.39. The quantitative estimate of drug-likeness (QED) is 0.438. The first-order valence-corrected chi connectivity index (χ1v) is 10.2. The van der Waals surface area contributed by atoms with Crippen molar-refractivity contribution in [3.05, 3.63) is 102 Å². The molecule has 0 fully saturated rings. The van der Waals surface area contributed by atoms with Crippen molar-refractivity contribution in [1.82, 2.24) is 0 Å². The van der Waals surface area contributed by atoms with Crippen LogP contribution in [0.25, 0.3) is 10.8 Å². The molecule has 0 unspecified atom stereocenters. The zero-order chi connectivity index (χ0) is 20.6. The van der Waals surface area contributed by atoms with Gasteiger partial charge in [0.25, 0.3) is 0 Å². The highest BCUT2D eigenvalue weighted by atomic mass is 16.5. The highest BCUT2D eigenvalue weighted by Crippen LogP contribution is 2.45. The second-order valence-corrected chi connectivity index (χ2v) is 7.77. The summed E-state index contributed by atoms with van der Waals surface area (Å²) in [5, 5.41) is 2.49. The summed E-state index contributed by atoms with van der Waals surface area (Å²) in [4.78, 5) is 0. The van der Waals surface area contributed by atoms with Crippen molar-refractivity contribution >= 4 is 10.8 Å². The Balaban J connectivity index is 1.70. The van der Waals surface area contributed by atoms with Crippen LogP contribution in [0.3, 0.4) is 0 Å². The molecule has 0 saturated heterocycles. The molecule has 4 aromatic rings. The number of fused-ring (bicyclic) bond motifs is 3. The molecule has 4 aromatic carbocycles. The molecule has 0 atom stereocenters. The van der Waals surface area contributed by atoms with Crippen molar-refractivity contribution in [3.8, 4) is 17.2 Å². The molecule has 0 amide bonds. The van der Waals surface area contributed by atoms with Gasteiger partial charge in [0.2, 0.25) is 0 Å². The van der Waals surface area contributed by atoms with Crippen molar-refractivity contribution in [1.29, 1.82) is 0 Å². The highest BCUT2D eigenvalue weighted by Gasteiger charge is 2.40. The molecule has 1 aliphatic rings. The fourth-order valence-corrected chi connectivity index (χ4v) is 4.54. The predicted octanol–water partition coefficient (Wildman–Crippen LogP) is 5.78. The first kappa shape index (κ1) is 18.6. The van der Waals surface area contributed by atoms with Gasteiger partial charge in [0.05, 0.1) is 19.6 Å². The smallest absolute Gasteiger partial charge is 0.123 e. The molecule has 0 radical (unpaired) electrons. The Morgan fingerprint density at radius 1 is 0.700 bits per heavy atom. The van der Waals surface area contributed by atoms with E-state index in [9.17, 15) is 0 Å². The molecule has 3 heteroatoms. The zero-order valence-electron chi connectivity index (χ0n) is 17.2. The van der Waals surface area contributed by atoms with Crippen molar-refractivity contribution < 1.29 is 14.2 Å². The molecule has 3 nitrogen and oxygen atoms in total. The fourth-order valence-electron chi connectivity index (χ4n) is 4.54. The summed E-state index contributed by atoms with van der Waals surface area (Å²) in [5.74, 6) is 2.68. The summed E-state index contributed by atoms with van der Waals surface area (Å²) < 4.78 is 17.2. The van der Waals surface area contributed by atoms with Crippen LogP contribution in [0, 0.1) is 0 Å². The van der Waals surface area contributed by atoms with E-state index >= 15 is 0 Å². The third kappa shape index (κ3) is 2.98. The Kier molecular flexibility index (Phi) is 4.59. The van der Waals surface area contributed by atoms with Gasteiger partial charge in [-0.1, -0.05) is 54.6 Å². The summed E-state index contributed by atoms with van der Waals surface area (Å²) in [6, 6.07) is 29.5. The number of hydrogen-bond acceptors (Lipinski definition) is 3. The van der Waals surface area contributed by atoms with Gasteiger partial charge in [-0.15, -0.1) is 0 Å². The van der Waals surface area contributed by atoms with Gasteiger partial charge in [-0.2, -0.15) is 0 Å². The van der Waals surface area contributed by atoms with Crippen LogP contribution in [0.2, 0.25) is 0 Å². The Hall–Kier alpha value is -3.46. The van der Waals surface area contributed by atoms with Crippen LogP contribution in [0.1, 0.15) is 16.7 Å². The number of methoxy groups -OCH3 is 2. The molecular formula is C27H24O3. The van der Waals surface area contributed by atoms with Crippen LogP contribution in [-0.2, 0) is 11.8 Å². The lowest BCUT2D eigenvalue weighted by Gasteiger charge is -2.39. The molecule has 150 valence electrons. The maximum atomic E-state index is 6.41. The van der Waals surface area contributed by atoms with Crippen LogP contribution >= 0.6 is 0 Å². The molecule has 0 spiro atoms. The average Bonchev–Trinajstić information content (AvgIpc) is 2.83. The van der Waals surface area contributed by atoms with E-state index in [1.54, 1.807) is 14.2 Å². The Morgan fingerprint density at radius 2 is 1.30 bits per heavy atom. The minimum atomic E-state index is -0.296. The predicted molar refractivity (Wildman–Crippen MR) is 120 cm³/mol. The monoisotopic (exact) mass is 396 g/mol. The maximum Gasteiger partial charge on any atom is 0.123 e. The Bertz CT molecular complexity index is 1130. The first-order valence-electron chi connectivity index (χ1n) is 10.2. The van der Waals surface area contributed by atoms with Gasteiger partial charge in [0, 0.05) is 5.56 Å². The highest BCUT2D eigenvalue weighted by molar-refractivity contribution is 5.88. The van der Waals surface area contributed by atoms with Gasteiger partial charge in [0.1, 0.15) is 23.9 Å². The van der Waals surface area contributed by atoms with E-state index in [0.29, 0.717) is 6.61 Å². The summed E-state index contributed by atoms with van der Waals surface area (Å²) in [7, 11) is 3.39. The number of ether oxygens (including phenoxy) is 3.